The van der Waals surface area contributed by atoms with E-state index in [1.807, 2.05) is 6.20 Å². The van der Waals surface area contributed by atoms with Crippen molar-refractivity contribution in [2.75, 3.05) is 11.9 Å². The number of aryl methyl sites for hydroxylation is 1. The third kappa shape index (κ3) is 3.87. The minimum Gasteiger partial charge on any atom is -0.370 e. The molecule has 0 atom stereocenters. The molecule has 1 N–H and O–H groups in total. The topological polar surface area (TPSA) is 29.9 Å². The van der Waals surface area contributed by atoms with Crippen molar-refractivity contribution < 1.29 is 0 Å². The highest BCUT2D eigenvalue weighted by Gasteiger charge is 2.05. The summed E-state index contributed by atoms with van der Waals surface area (Å²) in [6, 6.07) is 2.07. The molecular weight excluding hydrogens is 198 g/mol. The van der Waals surface area contributed by atoms with E-state index in [1.54, 1.807) is 0 Å². The molecule has 16 heavy (non-hydrogen) atoms. The van der Waals surface area contributed by atoms with Crippen LogP contribution in [0.3, 0.4) is 0 Å². The highest BCUT2D eigenvalue weighted by Crippen LogP contribution is 2.12. The van der Waals surface area contributed by atoms with Crippen LogP contribution >= 0.6 is 0 Å². The van der Waals surface area contributed by atoms with Gasteiger partial charge in [0.1, 0.15) is 5.82 Å². The average molecular weight is 223 g/mol. The Morgan fingerprint density at radius 2 is 2.06 bits per heavy atom. The summed E-state index contributed by atoms with van der Waals surface area (Å²) in [7, 11) is 0. The van der Waals surface area contributed by atoms with Gasteiger partial charge in [0.15, 0.2) is 0 Å². The molecule has 0 bridgehead atoms. The molecule has 92 valence electrons. The molecule has 0 saturated heterocycles. The van der Waals surface area contributed by atoms with E-state index in [-0.39, 0.29) is 0 Å². The van der Waals surface area contributed by atoms with Crippen LogP contribution in [0.4, 0.5) is 5.82 Å². The molecule has 1 rings (SSSR count). The SMILES string of the molecule is CCCCn1nccc1NCC(CC)CC. The van der Waals surface area contributed by atoms with Crippen LogP contribution in [0.2, 0.25) is 0 Å². The fourth-order valence-electron chi connectivity index (χ4n) is 1.80. The minimum atomic E-state index is 0.773. The lowest BCUT2D eigenvalue weighted by Crippen LogP contribution is -2.15. The monoisotopic (exact) mass is 223 g/mol. The first-order valence-corrected chi connectivity index (χ1v) is 6.57. The summed E-state index contributed by atoms with van der Waals surface area (Å²) in [6.45, 7) is 8.80. The minimum absolute atomic E-state index is 0.773. The summed E-state index contributed by atoms with van der Waals surface area (Å²) < 4.78 is 2.08. The average Bonchev–Trinajstić information content (AvgIpc) is 2.75. The van der Waals surface area contributed by atoms with Gasteiger partial charge in [-0.2, -0.15) is 5.10 Å². The van der Waals surface area contributed by atoms with Crippen LogP contribution in [0.25, 0.3) is 0 Å². The molecule has 0 unspecified atom stereocenters. The summed E-state index contributed by atoms with van der Waals surface area (Å²) >= 11 is 0. The predicted molar refractivity (Wildman–Crippen MR) is 69.7 cm³/mol. The van der Waals surface area contributed by atoms with Crippen molar-refractivity contribution in [3.8, 4) is 0 Å². The van der Waals surface area contributed by atoms with E-state index in [0.29, 0.717) is 0 Å². The second-order valence-corrected chi connectivity index (χ2v) is 4.36. The van der Waals surface area contributed by atoms with E-state index < -0.39 is 0 Å². The molecule has 0 amide bonds. The molecule has 1 aromatic rings. The Balaban J connectivity index is 2.43. The fourth-order valence-corrected chi connectivity index (χ4v) is 1.80. The van der Waals surface area contributed by atoms with Gasteiger partial charge in [-0.1, -0.05) is 40.0 Å². The largest absolute Gasteiger partial charge is 0.370 e. The fraction of sp³-hybridized carbons (Fsp3) is 0.769. The van der Waals surface area contributed by atoms with E-state index >= 15 is 0 Å². The number of aromatic nitrogens is 2. The molecule has 0 aliphatic rings. The van der Waals surface area contributed by atoms with Gasteiger partial charge in [0, 0.05) is 19.2 Å². The van der Waals surface area contributed by atoms with Crippen molar-refractivity contribution in [2.45, 2.75) is 53.0 Å². The van der Waals surface area contributed by atoms with E-state index in [2.05, 4.69) is 41.9 Å². The van der Waals surface area contributed by atoms with Crippen LogP contribution in [0, 0.1) is 5.92 Å². The van der Waals surface area contributed by atoms with Gasteiger partial charge in [-0.3, -0.25) is 0 Å². The van der Waals surface area contributed by atoms with Crippen molar-refractivity contribution in [2.24, 2.45) is 5.92 Å². The summed E-state index contributed by atoms with van der Waals surface area (Å²) in [5.74, 6) is 1.94. The van der Waals surface area contributed by atoms with Crippen LogP contribution in [-0.4, -0.2) is 16.3 Å². The molecule has 3 nitrogen and oxygen atoms in total. The van der Waals surface area contributed by atoms with Gasteiger partial charge >= 0.3 is 0 Å². The van der Waals surface area contributed by atoms with Crippen molar-refractivity contribution in [3.63, 3.8) is 0 Å². The van der Waals surface area contributed by atoms with E-state index in [0.717, 1.165) is 19.0 Å². The quantitative estimate of drug-likeness (QED) is 0.730. The summed E-state index contributed by atoms with van der Waals surface area (Å²) in [5, 5.41) is 7.84. The van der Waals surface area contributed by atoms with Crippen LogP contribution in [-0.2, 0) is 6.54 Å². The summed E-state index contributed by atoms with van der Waals surface area (Å²) in [5.41, 5.74) is 0. The zero-order chi connectivity index (χ0) is 11.8. The molecule has 0 aromatic carbocycles. The van der Waals surface area contributed by atoms with Crippen LogP contribution < -0.4 is 5.32 Å². The van der Waals surface area contributed by atoms with E-state index in [4.69, 9.17) is 0 Å². The smallest absolute Gasteiger partial charge is 0.124 e. The Hall–Kier alpha value is -0.990. The predicted octanol–water partition coefficient (Wildman–Crippen LogP) is 3.53. The van der Waals surface area contributed by atoms with Gasteiger partial charge < -0.3 is 5.32 Å². The van der Waals surface area contributed by atoms with Gasteiger partial charge in [-0.05, 0) is 12.3 Å². The molecule has 0 fully saturated rings. The molecular formula is C13H25N3. The van der Waals surface area contributed by atoms with Crippen molar-refractivity contribution in [1.29, 1.82) is 0 Å². The van der Waals surface area contributed by atoms with Crippen LogP contribution in [0.15, 0.2) is 12.3 Å². The maximum atomic E-state index is 4.34. The summed E-state index contributed by atoms with van der Waals surface area (Å²) in [4.78, 5) is 0. The van der Waals surface area contributed by atoms with Crippen LogP contribution in [0.1, 0.15) is 46.5 Å². The molecule has 0 aliphatic carbocycles. The molecule has 3 heteroatoms. The number of nitrogens with one attached hydrogen (secondary N) is 1. The molecule has 1 heterocycles. The van der Waals surface area contributed by atoms with Gasteiger partial charge in [-0.15, -0.1) is 0 Å². The van der Waals surface area contributed by atoms with Crippen molar-refractivity contribution in [1.82, 2.24) is 9.78 Å². The van der Waals surface area contributed by atoms with Gasteiger partial charge in [0.05, 0.1) is 6.20 Å². The Labute approximate surface area is 99.2 Å². The van der Waals surface area contributed by atoms with E-state index in [1.165, 1.54) is 31.5 Å². The first kappa shape index (κ1) is 13.1. The van der Waals surface area contributed by atoms with Gasteiger partial charge in [0.25, 0.3) is 0 Å². The van der Waals surface area contributed by atoms with Gasteiger partial charge in [0.2, 0.25) is 0 Å². The summed E-state index contributed by atoms with van der Waals surface area (Å²) in [6.07, 6.45) is 6.78. The highest BCUT2D eigenvalue weighted by molar-refractivity contribution is 5.33. The Morgan fingerprint density at radius 1 is 1.31 bits per heavy atom. The first-order valence-electron chi connectivity index (χ1n) is 6.57. The lowest BCUT2D eigenvalue weighted by atomic mass is 10.0. The molecule has 0 spiro atoms. The Bertz CT molecular complexity index is 276. The normalized spacial score (nSPS) is 11.0. The van der Waals surface area contributed by atoms with Crippen molar-refractivity contribution in [3.05, 3.63) is 12.3 Å². The standard InChI is InChI=1S/C13H25N3/c1-4-7-10-16-13(8-9-15-16)14-11-12(5-2)6-3/h8-9,12,14H,4-7,10-11H2,1-3H3. The van der Waals surface area contributed by atoms with E-state index in [9.17, 15) is 0 Å². The molecule has 0 saturated carbocycles. The number of unbranched alkanes of at least 4 members (excludes halogenated alkanes) is 1. The lowest BCUT2D eigenvalue weighted by molar-refractivity contribution is 0.512. The third-order valence-corrected chi connectivity index (χ3v) is 3.17. The second-order valence-electron chi connectivity index (χ2n) is 4.36. The number of nitrogens with zero attached hydrogens (tertiary/aromatic N) is 2. The maximum absolute atomic E-state index is 4.34. The number of hydrogen-bond donors (Lipinski definition) is 1. The molecule has 0 radical (unpaired) electrons. The zero-order valence-corrected chi connectivity index (χ0v) is 10.9. The molecule has 1 aromatic heterocycles. The Kier molecular flexibility index (Phi) is 5.98. The maximum Gasteiger partial charge on any atom is 0.124 e. The highest BCUT2D eigenvalue weighted by atomic mass is 15.3. The van der Waals surface area contributed by atoms with Gasteiger partial charge in [-0.25, -0.2) is 4.68 Å². The van der Waals surface area contributed by atoms with Crippen LogP contribution in [0.5, 0.6) is 0 Å². The number of rotatable bonds is 8. The number of hydrogen-bond acceptors (Lipinski definition) is 2. The lowest BCUT2D eigenvalue weighted by Gasteiger charge is -2.15. The Morgan fingerprint density at radius 3 is 2.69 bits per heavy atom. The van der Waals surface area contributed by atoms with Crippen molar-refractivity contribution >= 4 is 5.82 Å². The second kappa shape index (κ2) is 7.31. The molecule has 0 aliphatic heterocycles. The number of anilines is 1. The first-order chi connectivity index (χ1) is 7.81. The zero-order valence-electron chi connectivity index (χ0n) is 10.9. The third-order valence-electron chi connectivity index (χ3n) is 3.17.